The maximum absolute atomic E-state index is 12.6. The maximum atomic E-state index is 12.6. The second kappa shape index (κ2) is 8.83. The largest absolute Gasteiger partial charge is 0.497 e. The van der Waals surface area contributed by atoms with Gasteiger partial charge in [-0.2, -0.15) is 0 Å². The van der Waals surface area contributed by atoms with Gasteiger partial charge >= 0.3 is 0 Å². The lowest BCUT2D eigenvalue weighted by molar-refractivity contribution is -0.114. The van der Waals surface area contributed by atoms with Gasteiger partial charge in [0.15, 0.2) is 0 Å². The zero-order chi connectivity index (χ0) is 20.9. The molecule has 0 saturated carbocycles. The SMILES string of the molecule is COc1ccc(N(CC(=O)Nc2cc(C)ccc2OC)S(C)(=O)=O)c(OC)c1. The Morgan fingerprint density at radius 1 is 1.00 bits per heavy atom. The Morgan fingerprint density at radius 3 is 2.25 bits per heavy atom. The lowest BCUT2D eigenvalue weighted by atomic mass is 10.2. The van der Waals surface area contributed by atoms with Gasteiger partial charge < -0.3 is 19.5 Å². The van der Waals surface area contributed by atoms with Gasteiger partial charge in [-0.1, -0.05) is 6.07 Å². The number of rotatable bonds is 8. The zero-order valence-corrected chi connectivity index (χ0v) is 17.3. The molecule has 0 aliphatic rings. The van der Waals surface area contributed by atoms with E-state index in [0.717, 1.165) is 16.1 Å². The first-order valence-corrected chi connectivity index (χ1v) is 10.2. The van der Waals surface area contributed by atoms with Crippen molar-refractivity contribution < 1.29 is 27.4 Å². The molecule has 0 aliphatic carbocycles. The minimum Gasteiger partial charge on any atom is -0.497 e. The van der Waals surface area contributed by atoms with E-state index in [1.807, 2.05) is 13.0 Å². The van der Waals surface area contributed by atoms with Crippen molar-refractivity contribution in [2.24, 2.45) is 0 Å². The van der Waals surface area contributed by atoms with E-state index in [1.165, 1.54) is 27.4 Å². The molecule has 0 atom stereocenters. The monoisotopic (exact) mass is 408 g/mol. The van der Waals surface area contributed by atoms with Crippen molar-refractivity contribution in [2.45, 2.75) is 6.92 Å². The van der Waals surface area contributed by atoms with Crippen LogP contribution in [-0.2, 0) is 14.8 Å². The van der Waals surface area contributed by atoms with Crippen molar-refractivity contribution in [3.8, 4) is 17.2 Å². The highest BCUT2D eigenvalue weighted by Crippen LogP contribution is 2.33. The first-order valence-electron chi connectivity index (χ1n) is 8.33. The van der Waals surface area contributed by atoms with Crippen LogP contribution in [0, 0.1) is 6.92 Å². The summed E-state index contributed by atoms with van der Waals surface area (Å²) < 4.78 is 41.3. The second-order valence-electron chi connectivity index (χ2n) is 6.06. The van der Waals surface area contributed by atoms with E-state index in [9.17, 15) is 13.2 Å². The smallest absolute Gasteiger partial charge is 0.245 e. The third kappa shape index (κ3) is 5.07. The number of sulfonamides is 1. The molecule has 0 unspecified atom stereocenters. The average Bonchev–Trinajstić information content (AvgIpc) is 2.65. The molecule has 0 aliphatic heterocycles. The van der Waals surface area contributed by atoms with Crippen LogP contribution >= 0.6 is 0 Å². The number of hydrogen-bond acceptors (Lipinski definition) is 6. The number of methoxy groups -OCH3 is 3. The molecule has 0 radical (unpaired) electrons. The number of nitrogens with zero attached hydrogens (tertiary/aromatic N) is 1. The second-order valence-corrected chi connectivity index (χ2v) is 7.97. The fourth-order valence-corrected chi connectivity index (χ4v) is 3.47. The number of nitrogens with one attached hydrogen (secondary N) is 1. The Balaban J connectivity index is 2.34. The number of carbonyl (C=O) groups is 1. The fraction of sp³-hybridized carbons (Fsp3) is 0.316. The van der Waals surface area contributed by atoms with Crippen LogP contribution in [-0.4, -0.2) is 48.5 Å². The third-order valence-electron chi connectivity index (χ3n) is 3.97. The molecule has 2 aromatic carbocycles. The molecule has 1 amide bonds. The molecule has 0 spiro atoms. The summed E-state index contributed by atoms with van der Waals surface area (Å²) in [6.07, 6.45) is 1.03. The molecular formula is C19H24N2O6S. The third-order valence-corrected chi connectivity index (χ3v) is 5.10. The fourth-order valence-electron chi connectivity index (χ4n) is 2.61. The lowest BCUT2D eigenvalue weighted by Gasteiger charge is -2.24. The lowest BCUT2D eigenvalue weighted by Crippen LogP contribution is -2.37. The van der Waals surface area contributed by atoms with Gasteiger partial charge in [-0.05, 0) is 36.8 Å². The number of aryl methyl sites for hydroxylation is 1. The van der Waals surface area contributed by atoms with Crippen molar-refractivity contribution in [3.63, 3.8) is 0 Å². The van der Waals surface area contributed by atoms with Crippen LogP contribution in [0.25, 0.3) is 0 Å². The highest BCUT2D eigenvalue weighted by molar-refractivity contribution is 7.92. The van der Waals surface area contributed by atoms with Crippen molar-refractivity contribution in [1.82, 2.24) is 0 Å². The number of carbonyl (C=O) groups excluding carboxylic acids is 1. The molecule has 1 N–H and O–H groups in total. The predicted molar refractivity (Wildman–Crippen MR) is 108 cm³/mol. The van der Waals surface area contributed by atoms with Crippen LogP contribution in [0.4, 0.5) is 11.4 Å². The average molecular weight is 408 g/mol. The summed E-state index contributed by atoms with van der Waals surface area (Å²) in [7, 11) is 0.635. The van der Waals surface area contributed by atoms with E-state index in [-0.39, 0.29) is 11.4 Å². The molecule has 0 heterocycles. The van der Waals surface area contributed by atoms with E-state index in [4.69, 9.17) is 14.2 Å². The zero-order valence-electron chi connectivity index (χ0n) is 16.5. The minimum atomic E-state index is -3.76. The summed E-state index contributed by atoms with van der Waals surface area (Å²) in [5, 5.41) is 2.70. The molecule has 0 aromatic heterocycles. The number of ether oxygens (including phenoxy) is 3. The van der Waals surface area contributed by atoms with Crippen LogP contribution in [0.15, 0.2) is 36.4 Å². The van der Waals surface area contributed by atoms with Crippen molar-refractivity contribution >= 4 is 27.3 Å². The molecule has 0 saturated heterocycles. The highest BCUT2D eigenvalue weighted by atomic mass is 32.2. The highest BCUT2D eigenvalue weighted by Gasteiger charge is 2.25. The summed E-state index contributed by atoms with van der Waals surface area (Å²) in [6, 6.07) is 9.99. The standard InChI is InChI=1S/C19H24N2O6S/c1-13-6-9-17(26-3)15(10-13)20-19(22)12-21(28(5,23)24)16-8-7-14(25-2)11-18(16)27-4/h6-11H,12H2,1-5H3,(H,20,22). The van der Waals surface area contributed by atoms with Gasteiger partial charge in [0, 0.05) is 6.07 Å². The van der Waals surface area contributed by atoms with Gasteiger partial charge in [0.2, 0.25) is 15.9 Å². The van der Waals surface area contributed by atoms with E-state index >= 15 is 0 Å². The number of hydrogen-bond donors (Lipinski definition) is 1. The predicted octanol–water partition coefficient (Wildman–Crippen LogP) is 2.43. The molecule has 2 rings (SSSR count). The van der Waals surface area contributed by atoms with Crippen molar-refractivity contribution in [2.75, 3.05) is 43.8 Å². The molecule has 152 valence electrons. The topological polar surface area (TPSA) is 94.2 Å². The summed E-state index contributed by atoms with van der Waals surface area (Å²) in [5.74, 6) is 0.729. The van der Waals surface area contributed by atoms with Crippen LogP contribution in [0.5, 0.6) is 17.2 Å². The number of amides is 1. The van der Waals surface area contributed by atoms with E-state index < -0.39 is 22.5 Å². The molecule has 0 fully saturated rings. The summed E-state index contributed by atoms with van der Waals surface area (Å²) in [6.45, 7) is 1.44. The van der Waals surface area contributed by atoms with Crippen LogP contribution < -0.4 is 23.8 Å². The molecular weight excluding hydrogens is 384 g/mol. The van der Waals surface area contributed by atoms with E-state index in [2.05, 4.69) is 5.32 Å². The molecule has 8 nitrogen and oxygen atoms in total. The molecule has 28 heavy (non-hydrogen) atoms. The summed E-state index contributed by atoms with van der Waals surface area (Å²) in [5.41, 5.74) is 1.62. The molecule has 2 aromatic rings. The van der Waals surface area contributed by atoms with E-state index in [1.54, 1.807) is 24.3 Å². The van der Waals surface area contributed by atoms with Gasteiger partial charge in [-0.25, -0.2) is 8.42 Å². The quantitative estimate of drug-likeness (QED) is 0.721. The van der Waals surface area contributed by atoms with Gasteiger partial charge in [0.1, 0.15) is 23.8 Å². The Morgan fingerprint density at radius 2 is 1.68 bits per heavy atom. The Labute approximate surface area is 165 Å². The van der Waals surface area contributed by atoms with Gasteiger partial charge in [0.05, 0.1) is 39.0 Å². The molecule has 9 heteroatoms. The summed E-state index contributed by atoms with van der Waals surface area (Å²) in [4.78, 5) is 12.6. The first kappa shape index (κ1) is 21.4. The Kier molecular flexibility index (Phi) is 6.74. The van der Waals surface area contributed by atoms with E-state index in [0.29, 0.717) is 17.2 Å². The molecule has 0 bridgehead atoms. The normalized spacial score (nSPS) is 10.9. The maximum Gasteiger partial charge on any atom is 0.245 e. The van der Waals surface area contributed by atoms with Crippen LogP contribution in [0.3, 0.4) is 0 Å². The first-order chi connectivity index (χ1) is 13.2. The minimum absolute atomic E-state index is 0.233. The number of anilines is 2. The van der Waals surface area contributed by atoms with Crippen molar-refractivity contribution in [3.05, 3.63) is 42.0 Å². The van der Waals surface area contributed by atoms with Crippen molar-refractivity contribution in [1.29, 1.82) is 0 Å². The summed E-state index contributed by atoms with van der Waals surface area (Å²) >= 11 is 0. The Hall–Kier alpha value is -2.94. The van der Waals surface area contributed by atoms with Gasteiger partial charge in [-0.3, -0.25) is 9.10 Å². The number of benzene rings is 2. The van der Waals surface area contributed by atoms with Gasteiger partial charge in [0.25, 0.3) is 0 Å². The van der Waals surface area contributed by atoms with Crippen LogP contribution in [0.2, 0.25) is 0 Å². The van der Waals surface area contributed by atoms with Crippen LogP contribution in [0.1, 0.15) is 5.56 Å². The Bertz CT molecular complexity index is 959. The van der Waals surface area contributed by atoms with Gasteiger partial charge in [-0.15, -0.1) is 0 Å².